The van der Waals surface area contributed by atoms with Crippen molar-refractivity contribution in [2.75, 3.05) is 6.54 Å². The van der Waals surface area contributed by atoms with Crippen molar-refractivity contribution in [3.8, 4) is 5.75 Å². The molecule has 1 heterocycles. The molecule has 3 nitrogen and oxygen atoms in total. The summed E-state index contributed by atoms with van der Waals surface area (Å²) in [5.74, 6) is 0.882. The lowest BCUT2D eigenvalue weighted by Gasteiger charge is -2.07. The Kier molecular flexibility index (Phi) is 2.44. The second-order valence-electron chi connectivity index (χ2n) is 3.10. The van der Waals surface area contributed by atoms with Gasteiger partial charge < -0.3 is 9.94 Å². The summed E-state index contributed by atoms with van der Waals surface area (Å²) in [5.41, 5.74) is 3.29. The first kappa shape index (κ1) is 8.87. The predicted molar refractivity (Wildman–Crippen MR) is 51.6 cm³/mol. The Balaban J connectivity index is 2.16. The largest absolute Gasteiger partial charge is 0.488 e. The van der Waals surface area contributed by atoms with E-state index in [9.17, 15) is 0 Å². The van der Waals surface area contributed by atoms with E-state index in [0.29, 0.717) is 6.54 Å². The predicted octanol–water partition coefficient (Wildman–Crippen LogP) is 1.26. The zero-order valence-electron chi connectivity index (χ0n) is 7.03. The molecule has 0 spiro atoms. The molecular formula is C9H11NO2S. The third-order valence-electron chi connectivity index (χ3n) is 2.11. The smallest absolute Gasteiger partial charge is 0.124 e. The highest BCUT2D eigenvalue weighted by Gasteiger charge is 2.21. The third kappa shape index (κ3) is 1.80. The maximum Gasteiger partial charge on any atom is 0.124 e. The number of hydrogen-bond donors (Lipinski definition) is 3. The molecule has 13 heavy (non-hydrogen) atoms. The number of benzene rings is 1. The average Bonchev–Trinajstić information content (AvgIpc) is 2.46. The van der Waals surface area contributed by atoms with Crippen molar-refractivity contribution in [3.63, 3.8) is 0 Å². The first-order valence-corrected chi connectivity index (χ1v) is 4.60. The van der Waals surface area contributed by atoms with Gasteiger partial charge in [-0.05, 0) is 17.7 Å². The highest BCUT2D eigenvalue weighted by atomic mass is 32.1. The molecule has 0 unspecified atom stereocenters. The molecular weight excluding hydrogens is 186 g/mol. The topological polar surface area (TPSA) is 41.5 Å². The summed E-state index contributed by atoms with van der Waals surface area (Å²) in [6.45, 7) is 0.455. The minimum atomic E-state index is 0.0372. The van der Waals surface area contributed by atoms with Crippen molar-refractivity contribution in [2.24, 2.45) is 0 Å². The maximum atomic E-state index is 8.52. The van der Waals surface area contributed by atoms with Crippen LogP contribution in [0, 0.1) is 0 Å². The number of thiol groups is 1. The molecule has 0 aromatic heterocycles. The Morgan fingerprint density at radius 3 is 3.23 bits per heavy atom. The fourth-order valence-electron chi connectivity index (χ4n) is 1.50. The summed E-state index contributed by atoms with van der Waals surface area (Å²) in [5, 5.41) is 8.52. The van der Waals surface area contributed by atoms with Gasteiger partial charge in [0.05, 0.1) is 6.54 Å². The van der Waals surface area contributed by atoms with E-state index in [-0.39, 0.29) is 6.10 Å². The van der Waals surface area contributed by atoms with Gasteiger partial charge in [0.1, 0.15) is 11.9 Å². The maximum absolute atomic E-state index is 8.52. The lowest BCUT2D eigenvalue weighted by molar-refractivity contribution is 0.115. The molecule has 0 aliphatic carbocycles. The summed E-state index contributed by atoms with van der Waals surface area (Å²) >= 11 is 4.22. The van der Waals surface area contributed by atoms with Gasteiger partial charge in [0.15, 0.2) is 0 Å². The summed E-state index contributed by atoms with van der Waals surface area (Å²) < 4.78 is 5.56. The molecule has 0 bridgehead atoms. The third-order valence-corrected chi connectivity index (χ3v) is 2.39. The molecule has 0 saturated carbocycles. The van der Waals surface area contributed by atoms with Crippen LogP contribution in [0.3, 0.4) is 0 Å². The van der Waals surface area contributed by atoms with E-state index in [1.807, 2.05) is 18.2 Å². The summed E-state index contributed by atoms with van der Waals surface area (Å²) in [6, 6.07) is 5.85. The Hall–Kier alpha value is -0.710. The molecule has 4 heteroatoms. The van der Waals surface area contributed by atoms with Crippen LogP contribution in [-0.4, -0.2) is 17.9 Å². The molecule has 0 fully saturated rings. The van der Waals surface area contributed by atoms with Crippen molar-refractivity contribution in [2.45, 2.75) is 17.4 Å². The standard InChI is InChI=1S/C9H11NO2S/c11-10-5-7-3-6-1-2-8(13)4-9(6)12-7/h1-2,4,7,10-11,13H,3,5H2/t7-/m0/s1. The average molecular weight is 197 g/mol. The molecule has 70 valence electrons. The molecule has 0 saturated heterocycles. The van der Waals surface area contributed by atoms with Crippen molar-refractivity contribution in [1.29, 1.82) is 0 Å². The Bertz CT molecular complexity index is 316. The molecule has 1 aromatic carbocycles. The first-order valence-electron chi connectivity index (χ1n) is 4.15. The lowest BCUT2D eigenvalue weighted by atomic mass is 10.1. The normalized spacial score (nSPS) is 19.7. The van der Waals surface area contributed by atoms with E-state index in [4.69, 9.17) is 9.94 Å². The summed E-state index contributed by atoms with van der Waals surface area (Å²) in [7, 11) is 0. The van der Waals surface area contributed by atoms with Crippen LogP contribution in [-0.2, 0) is 6.42 Å². The number of hydrogen-bond acceptors (Lipinski definition) is 4. The van der Waals surface area contributed by atoms with Gasteiger partial charge in [0.2, 0.25) is 0 Å². The van der Waals surface area contributed by atoms with Crippen LogP contribution in [0.5, 0.6) is 5.75 Å². The minimum absolute atomic E-state index is 0.0372. The summed E-state index contributed by atoms with van der Waals surface area (Å²) in [4.78, 5) is 0.899. The second-order valence-corrected chi connectivity index (χ2v) is 3.61. The van der Waals surface area contributed by atoms with Crippen LogP contribution in [0.15, 0.2) is 23.1 Å². The Labute approximate surface area is 82.1 Å². The number of fused-ring (bicyclic) bond motifs is 1. The van der Waals surface area contributed by atoms with E-state index in [0.717, 1.165) is 17.1 Å². The van der Waals surface area contributed by atoms with Gasteiger partial charge in [0, 0.05) is 11.3 Å². The molecule has 2 rings (SSSR count). The number of ether oxygens (including phenoxy) is 1. The minimum Gasteiger partial charge on any atom is -0.488 e. The van der Waals surface area contributed by atoms with Gasteiger partial charge in [0.25, 0.3) is 0 Å². The fourth-order valence-corrected chi connectivity index (χ4v) is 1.70. The molecule has 1 atom stereocenters. The quantitative estimate of drug-likeness (QED) is 0.494. The Morgan fingerprint density at radius 2 is 2.46 bits per heavy atom. The number of nitrogens with one attached hydrogen (secondary N) is 1. The van der Waals surface area contributed by atoms with Crippen molar-refractivity contribution in [1.82, 2.24) is 5.48 Å². The fraction of sp³-hybridized carbons (Fsp3) is 0.333. The SMILES string of the molecule is ONC[C@@H]1Cc2ccc(S)cc2O1. The monoisotopic (exact) mass is 197 g/mol. The van der Waals surface area contributed by atoms with E-state index in [1.165, 1.54) is 5.56 Å². The molecule has 0 amide bonds. The van der Waals surface area contributed by atoms with Crippen molar-refractivity contribution < 1.29 is 9.94 Å². The molecule has 1 aromatic rings. The van der Waals surface area contributed by atoms with Crippen molar-refractivity contribution in [3.05, 3.63) is 23.8 Å². The number of hydroxylamine groups is 1. The number of rotatable bonds is 2. The first-order chi connectivity index (χ1) is 6.29. The lowest BCUT2D eigenvalue weighted by Crippen LogP contribution is -2.27. The van der Waals surface area contributed by atoms with E-state index in [2.05, 4.69) is 18.1 Å². The van der Waals surface area contributed by atoms with Crippen LogP contribution in [0.25, 0.3) is 0 Å². The van der Waals surface area contributed by atoms with Crippen molar-refractivity contribution >= 4 is 12.6 Å². The van der Waals surface area contributed by atoms with Crippen LogP contribution in [0.2, 0.25) is 0 Å². The van der Waals surface area contributed by atoms with Crippen LogP contribution >= 0.6 is 12.6 Å². The van der Waals surface area contributed by atoms with E-state index in [1.54, 1.807) is 0 Å². The highest BCUT2D eigenvalue weighted by Crippen LogP contribution is 2.30. The van der Waals surface area contributed by atoms with Gasteiger partial charge in [-0.1, -0.05) is 6.07 Å². The zero-order valence-corrected chi connectivity index (χ0v) is 7.92. The molecule has 1 aliphatic heterocycles. The van der Waals surface area contributed by atoms with Gasteiger partial charge in [-0.15, -0.1) is 12.6 Å². The van der Waals surface area contributed by atoms with Crippen LogP contribution in [0.4, 0.5) is 0 Å². The zero-order chi connectivity index (χ0) is 9.26. The van der Waals surface area contributed by atoms with Gasteiger partial charge in [-0.3, -0.25) is 0 Å². The van der Waals surface area contributed by atoms with Gasteiger partial charge in [-0.2, -0.15) is 0 Å². The Morgan fingerprint density at radius 1 is 1.62 bits per heavy atom. The summed E-state index contributed by atoms with van der Waals surface area (Å²) in [6.07, 6.45) is 0.881. The molecule has 2 N–H and O–H groups in total. The molecule has 1 aliphatic rings. The molecule has 0 radical (unpaired) electrons. The van der Waals surface area contributed by atoms with E-state index >= 15 is 0 Å². The van der Waals surface area contributed by atoms with Gasteiger partial charge in [-0.25, -0.2) is 5.48 Å². The van der Waals surface area contributed by atoms with E-state index < -0.39 is 0 Å². The second kappa shape index (κ2) is 3.57. The van der Waals surface area contributed by atoms with Crippen LogP contribution < -0.4 is 10.2 Å². The highest BCUT2D eigenvalue weighted by molar-refractivity contribution is 7.80. The van der Waals surface area contributed by atoms with Crippen LogP contribution in [0.1, 0.15) is 5.56 Å². The van der Waals surface area contributed by atoms with Gasteiger partial charge >= 0.3 is 0 Å².